The normalized spacial score (nSPS) is 11.7. The molecule has 0 bridgehead atoms. The van der Waals surface area contributed by atoms with Crippen LogP contribution in [0.2, 0.25) is 0 Å². The van der Waals surface area contributed by atoms with Crippen molar-refractivity contribution < 1.29 is 9.53 Å². The molecule has 19 heavy (non-hydrogen) atoms. The van der Waals surface area contributed by atoms with E-state index in [-0.39, 0.29) is 5.60 Å². The summed E-state index contributed by atoms with van der Waals surface area (Å²) in [7, 11) is 0. The topological polar surface area (TPSA) is 29.5 Å². The van der Waals surface area contributed by atoms with Crippen molar-refractivity contribution in [3.8, 4) is 5.75 Å². The van der Waals surface area contributed by atoms with Crippen molar-refractivity contribution in [3.63, 3.8) is 0 Å². The number of carbonyl (C=O) groups is 1. The molecule has 0 fully saturated rings. The molecule has 0 aromatic heterocycles. The van der Waals surface area contributed by atoms with Crippen molar-refractivity contribution in [2.75, 3.05) is 13.1 Å². The van der Waals surface area contributed by atoms with Gasteiger partial charge in [-0.25, -0.2) is 0 Å². The number of carbonyl (C=O) groups excluding carboxylic acids is 1. The molecule has 1 aromatic carbocycles. The monoisotopic (exact) mass is 263 g/mol. The zero-order valence-corrected chi connectivity index (χ0v) is 12.7. The van der Waals surface area contributed by atoms with Crippen LogP contribution in [0.4, 0.5) is 0 Å². The largest absolute Gasteiger partial charge is 0.487 e. The van der Waals surface area contributed by atoms with Crippen molar-refractivity contribution in [1.82, 2.24) is 4.90 Å². The van der Waals surface area contributed by atoms with E-state index in [2.05, 4.69) is 18.7 Å². The van der Waals surface area contributed by atoms with Crippen LogP contribution in [0.3, 0.4) is 0 Å². The summed E-state index contributed by atoms with van der Waals surface area (Å²) in [4.78, 5) is 13.4. The Morgan fingerprint density at radius 1 is 1.21 bits per heavy atom. The fourth-order valence-corrected chi connectivity index (χ4v) is 1.90. The Morgan fingerprint density at radius 2 is 1.84 bits per heavy atom. The van der Waals surface area contributed by atoms with Gasteiger partial charge in [0.25, 0.3) is 0 Å². The van der Waals surface area contributed by atoms with Crippen LogP contribution < -0.4 is 4.74 Å². The molecule has 0 saturated heterocycles. The summed E-state index contributed by atoms with van der Waals surface area (Å²) in [6.07, 6.45) is 0.849. The average molecular weight is 263 g/mol. The van der Waals surface area contributed by atoms with Crippen molar-refractivity contribution >= 4 is 6.29 Å². The summed E-state index contributed by atoms with van der Waals surface area (Å²) in [6, 6.07) is 5.82. The molecule has 3 heteroatoms. The van der Waals surface area contributed by atoms with Crippen molar-refractivity contribution in [3.05, 3.63) is 29.3 Å². The van der Waals surface area contributed by atoms with Gasteiger partial charge in [0.1, 0.15) is 11.4 Å². The van der Waals surface area contributed by atoms with Gasteiger partial charge in [-0.05, 0) is 51.6 Å². The molecular weight excluding hydrogens is 238 g/mol. The highest BCUT2D eigenvalue weighted by atomic mass is 16.5. The van der Waals surface area contributed by atoms with E-state index in [0.717, 1.165) is 25.9 Å². The van der Waals surface area contributed by atoms with E-state index in [1.165, 1.54) is 5.56 Å². The molecule has 0 aliphatic heterocycles. The van der Waals surface area contributed by atoms with Gasteiger partial charge in [0, 0.05) is 6.54 Å². The molecule has 0 unspecified atom stereocenters. The van der Waals surface area contributed by atoms with E-state index >= 15 is 0 Å². The zero-order chi connectivity index (χ0) is 14.5. The highest BCUT2D eigenvalue weighted by Crippen LogP contribution is 2.24. The summed E-state index contributed by atoms with van der Waals surface area (Å²) in [5, 5.41) is 0. The average Bonchev–Trinajstić information content (AvgIpc) is 2.34. The van der Waals surface area contributed by atoms with Crippen LogP contribution in [0.25, 0.3) is 0 Å². The van der Waals surface area contributed by atoms with E-state index in [1.807, 2.05) is 39.0 Å². The molecule has 0 spiro atoms. The Balaban J connectivity index is 2.97. The summed E-state index contributed by atoms with van der Waals surface area (Å²) in [5.74, 6) is 0.673. The summed E-state index contributed by atoms with van der Waals surface area (Å²) < 4.78 is 5.86. The molecular formula is C16H25NO2. The SMILES string of the molecule is CCN(CC)Cc1ccc(C=O)c(OC(C)(C)C)c1. The third kappa shape index (κ3) is 5.03. The molecule has 0 N–H and O–H groups in total. The molecule has 0 amide bonds. The number of hydrogen-bond donors (Lipinski definition) is 0. The minimum Gasteiger partial charge on any atom is -0.487 e. The molecule has 0 heterocycles. The zero-order valence-electron chi connectivity index (χ0n) is 12.7. The smallest absolute Gasteiger partial charge is 0.153 e. The highest BCUT2D eigenvalue weighted by Gasteiger charge is 2.15. The lowest BCUT2D eigenvalue weighted by Crippen LogP contribution is -2.24. The first kappa shape index (κ1) is 15.7. The minimum atomic E-state index is -0.300. The molecule has 3 nitrogen and oxygen atoms in total. The third-order valence-electron chi connectivity index (χ3n) is 2.92. The Hall–Kier alpha value is -1.35. The number of benzene rings is 1. The predicted molar refractivity (Wildman–Crippen MR) is 78.8 cm³/mol. The van der Waals surface area contributed by atoms with E-state index in [9.17, 15) is 4.79 Å². The first-order valence-electron chi connectivity index (χ1n) is 6.89. The summed E-state index contributed by atoms with van der Waals surface area (Å²) >= 11 is 0. The van der Waals surface area contributed by atoms with Gasteiger partial charge in [-0.2, -0.15) is 0 Å². The number of rotatable bonds is 6. The van der Waals surface area contributed by atoms with Crippen LogP contribution in [-0.4, -0.2) is 29.9 Å². The standard InChI is InChI=1S/C16H25NO2/c1-6-17(7-2)11-13-8-9-14(12-18)15(10-13)19-16(3,4)5/h8-10,12H,6-7,11H2,1-5H3. The van der Waals surface area contributed by atoms with Gasteiger partial charge in [0.2, 0.25) is 0 Å². The van der Waals surface area contributed by atoms with Gasteiger partial charge >= 0.3 is 0 Å². The van der Waals surface area contributed by atoms with Crippen molar-refractivity contribution in [2.45, 2.75) is 46.8 Å². The fourth-order valence-electron chi connectivity index (χ4n) is 1.90. The maximum absolute atomic E-state index is 11.1. The second-order valence-corrected chi connectivity index (χ2v) is 5.67. The quantitative estimate of drug-likeness (QED) is 0.735. The molecule has 0 aliphatic rings. The van der Waals surface area contributed by atoms with Gasteiger partial charge in [0.05, 0.1) is 5.56 Å². The lowest BCUT2D eigenvalue weighted by molar-refractivity contribution is 0.109. The number of hydrogen-bond acceptors (Lipinski definition) is 3. The number of nitrogens with zero attached hydrogens (tertiary/aromatic N) is 1. The maximum Gasteiger partial charge on any atom is 0.153 e. The van der Waals surface area contributed by atoms with Crippen molar-refractivity contribution in [1.29, 1.82) is 0 Å². The molecule has 106 valence electrons. The molecule has 0 atom stereocenters. The third-order valence-corrected chi connectivity index (χ3v) is 2.92. The van der Waals surface area contributed by atoms with Gasteiger partial charge in [-0.1, -0.05) is 19.9 Å². The van der Waals surface area contributed by atoms with Crippen LogP contribution in [-0.2, 0) is 6.54 Å². The fraction of sp³-hybridized carbons (Fsp3) is 0.562. The van der Waals surface area contributed by atoms with Gasteiger partial charge in [0.15, 0.2) is 6.29 Å². The minimum absolute atomic E-state index is 0.300. The predicted octanol–water partition coefficient (Wildman–Crippen LogP) is 3.52. The Labute approximate surface area is 116 Å². The first-order valence-corrected chi connectivity index (χ1v) is 6.89. The second kappa shape index (κ2) is 6.71. The highest BCUT2D eigenvalue weighted by molar-refractivity contribution is 5.79. The molecule has 0 aliphatic carbocycles. The van der Waals surface area contributed by atoms with Crippen LogP contribution >= 0.6 is 0 Å². The van der Waals surface area contributed by atoms with Crippen LogP contribution in [0.15, 0.2) is 18.2 Å². The summed E-state index contributed by atoms with van der Waals surface area (Å²) in [5.41, 5.74) is 1.48. The Morgan fingerprint density at radius 3 is 2.32 bits per heavy atom. The maximum atomic E-state index is 11.1. The molecule has 1 aromatic rings. The van der Waals surface area contributed by atoms with E-state index in [1.54, 1.807) is 0 Å². The Kier molecular flexibility index (Phi) is 5.55. The van der Waals surface area contributed by atoms with E-state index in [4.69, 9.17) is 4.74 Å². The van der Waals surface area contributed by atoms with E-state index in [0.29, 0.717) is 11.3 Å². The molecule has 1 rings (SSSR count). The Bertz CT molecular complexity index is 417. The second-order valence-electron chi connectivity index (χ2n) is 5.67. The molecule has 0 saturated carbocycles. The van der Waals surface area contributed by atoms with Crippen LogP contribution in [0, 0.1) is 0 Å². The van der Waals surface area contributed by atoms with Gasteiger partial charge < -0.3 is 4.74 Å². The van der Waals surface area contributed by atoms with Crippen LogP contribution in [0.5, 0.6) is 5.75 Å². The molecule has 0 radical (unpaired) electrons. The lowest BCUT2D eigenvalue weighted by atomic mass is 10.1. The lowest BCUT2D eigenvalue weighted by Gasteiger charge is -2.24. The number of ether oxygens (including phenoxy) is 1. The van der Waals surface area contributed by atoms with Crippen LogP contribution in [0.1, 0.15) is 50.5 Å². The number of aldehydes is 1. The first-order chi connectivity index (χ1) is 8.89. The van der Waals surface area contributed by atoms with Crippen molar-refractivity contribution in [2.24, 2.45) is 0 Å². The summed E-state index contributed by atoms with van der Waals surface area (Å²) in [6.45, 7) is 13.2. The van der Waals surface area contributed by atoms with E-state index < -0.39 is 0 Å². The van der Waals surface area contributed by atoms with Gasteiger partial charge in [-0.15, -0.1) is 0 Å². The van der Waals surface area contributed by atoms with Gasteiger partial charge in [-0.3, -0.25) is 9.69 Å².